The number of sulfonamides is 1. The summed E-state index contributed by atoms with van der Waals surface area (Å²) in [6.07, 6.45) is 0.272. The summed E-state index contributed by atoms with van der Waals surface area (Å²) in [6.45, 7) is 8.05. The zero-order valence-corrected chi connectivity index (χ0v) is 22.5. The van der Waals surface area contributed by atoms with E-state index in [-0.39, 0.29) is 40.5 Å². The van der Waals surface area contributed by atoms with Crippen molar-refractivity contribution in [1.29, 1.82) is 0 Å². The predicted molar refractivity (Wildman–Crippen MR) is 134 cm³/mol. The largest absolute Gasteiger partial charge is 0.383 e. The van der Waals surface area contributed by atoms with Crippen LogP contribution in [0.3, 0.4) is 0 Å². The summed E-state index contributed by atoms with van der Waals surface area (Å²) in [6, 6.07) is 1.62. The van der Waals surface area contributed by atoms with Gasteiger partial charge in [-0.1, -0.05) is 11.3 Å². The van der Waals surface area contributed by atoms with Gasteiger partial charge >= 0.3 is 0 Å². The van der Waals surface area contributed by atoms with Gasteiger partial charge in [-0.3, -0.25) is 4.40 Å². The van der Waals surface area contributed by atoms with Gasteiger partial charge in [0.05, 0.1) is 42.8 Å². The van der Waals surface area contributed by atoms with E-state index in [9.17, 15) is 17.2 Å². The van der Waals surface area contributed by atoms with Gasteiger partial charge < -0.3 is 19.7 Å². The Morgan fingerprint density at radius 3 is 2.70 bits per heavy atom. The topological polar surface area (TPSA) is 123 Å². The number of aromatic nitrogens is 4. The van der Waals surface area contributed by atoms with E-state index in [0.29, 0.717) is 30.9 Å². The van der Waals surface area contributed by atoms with Gasteiger partial charge in [-0.15, -0.1) is 10.2 Å². The second-order valence-corrected chi connectivity index (χ2v) is 13.1. The molecule has 0 saturated carbocycles. The number of nitrogens with one attached hydrogen (secondary N) is 2. The fourth-order valence-corrected chi connectivity index (χ4v) is 6.90. The third-order valence-electron chi connectivity index (χ3n) is 6.28. The summed E-state index contributed by atoms with van der Waals surface area (Å²) >= 11 is 0.721. The van der Waals surface area contributed by atoms with E-state index in [2.05, 4.69) is 44.0 Å². The summed E-state index contributed by atoms with van der Waals surface area (Å²) in [4.78, 5) is 6.54. The summed E-state index contributed by atoms with van der Waals surface area (Å²) in [5.41, 5.74) is 0.259. The monoisotopic (exact) mass is 557 g/mol. The highest BCUT2D eigenvalue weighted by Gasteiger charge is 2.39. The molecule has 0 radical (unpaired) electrons. The number of alkyl halides is 2. The smallest absolute Gasteiger partial charge is 0.291 e. The lowest BCUT2D eigenvalue weighted by atomic mass is 9.98. The van der Waals surface area contributed by atoms with Crippen molar-refractivity contribution in [1.82, 2.24) is 29.6 Å². The molecule has 0 aliphatic carbocycles. The number of hydrogen-bond acceptors (Lipinski definition) is 10. The average Bonchev–Trinajstić information content (AvgIpc) is 3.43. The quantitative estimate of drug-likeness (QED) is 0.428. The standard InChI is InChI=1S/C22H29F2N7O4S2/c1-21(2)10-30(7-13(26-21)9-34-4)15-5-14(37(32,33)29-22(3)11-35-12-22)8-31-16(15)6-25-18(31)20-28-27-19(36-20)17(23)24/h5-6,8,13,17,26,29H,7,9-12H2,1-4H3/t13-/m1/s1. The number of piperazine rings is 1. The van der Waals surface area contributed by atoms with E-state index in [1.54, 1.807) is 30.7 Å². The van der Waals surface area contributed by atoms with Crippen LogP contribution in [0.2, 0.25) is 0 Å². The van der Waals surface area contributed by atoms with Crippen LogP contribution in [0, 0.1) is 0 Å². The Bertz CT molecular complexity index is 1410. The lowest BCUT2D eigenvalue weighted by Gasteiger charge is -2.45. The summed E-state index contributed by atoms with van der Waals surface area (Å²) in [7, 11) is -2.33. The van der Waals surface area contributed by atoms with Crippen molar-refractivity contribution in [3.05, 3.63) is 23.5 Å². The van der Waals surface area contributed by atoms with Crippen molar-refractivity contribution in [2.24, 2.45) is 0 Å². The highest BCUT2D eigenvalue weighted by atomic mass is 32.2. The minimum absolute atomic E-state index is 0.00243. The maximum Gasteiger partial charge on any atom is 0.291 e. The summed E-state index contributed by atoms with van der Waals surface area (Å²) < 4.78 is 68.3. The van der Waals surface area contributed by atoms with Crippen LogP contribution in [-0.4, -0.2) is 85.1 Å². The van der Waals surface area contributed by atoms with Gasteiger partial charge in [0.1, 0.15) is 4.90 Å². The molecular formula is C22H29F2N7O4S2. The van der Waals surface area contributed by atoms with Crippen LogP contribution in [0.25, 0.3) is 16.3 Å². The van der Waals surface area contributed by atoms with E-state index in [1.165, 1.54) is 6.20 Å². The molecular weight excluding hydrogens is 528 g/mol. The number of fused-ring (bicyclic) bond motifs is 1. The Kier molecular flexibility index (Phi) is 6.73. The van der Waals surface area contributed by atoms with Crippen molar-refractivity contribution >= 4 is 32.6 Å². The number of pyridine rings is 1. The van der Waals surface area contributed by atoms with Crippen LogP contribution < -0.4 is 14.9 Å². The Balaban J connectivity index is 1.65. The molecule has 1 atom stereocenters. The van der Waals surface area contributed by atoms with Gasteiger partial charge in [0, 0.05) is 38.0 Å². The lowest BCUT2D eigenvalue weighted by Crippen LogP contribution is -2.63. The van der Waals surface area contributed by atoms with Gasteiger partial charge in [-0.25, -0.2) is 26.9 Å². The van der Waals surface area contributed by atoms with Gasteiger partial charge in [0.25, 0.3) is 6.43 Å². The van der Waals surface area contributed by atoms with Gasteiger partial charge in [-0.2, -0.15) is 0 Å². The Morgan fingerprint density at radius 2 is 2.08 bits per heavy atom. The number of imidazole rings is 1. The minimum atomic E-state index is -3.97. The van der Waals surface area contributed by atoms with Crippen molar-refractivity contribution in [3.8, 4) is 10.8 Å². The predicted octanol–water partition coefficient (Wildman–Crippen LogP) is 2.06. The first-order valence-corrected chi connectivity index (χ1v) is 14.0. The van der Waals surface area contributed by atoms with E-state index in [1.807, 2.05) is 0 Å². The molecule has 11 nitrogen and oxygen atoms in total. The molecule has 0 amide bonds. The molecule has 3 aromatic rings. The van der Waals surface area contributed by atoms with Crippen LogP contribution in [0.4, 0.5) is 14.5 Å². The van der Waals surface area contributed by atoms with Crippen molar-refractivity contribution in [3.63, 3.8) is 0 Å². The van der Waals surface area contributed by atoms with E-state index in [4.69, 9.17) is 9.47 Å². The number of halogens is 2. The van der Waals surface area contributed by atoms with Crippen LogP contribution in [0.15, 0.2) is 23.4 Å². The first-order valence-electron chi connectivity index (χ1n) is 11.7. The van der Waals surface area contributed by atoms with E-state index < -0.39 is 27.0 Å². The van der Waals surface area contributed by atoms with Crippen molar-refractivity contribution in [2.75, 3.05) is 44.9 Å². The highest BCUT2D eigenvalue weighted by molar-refractivity contribution is 7.89. The van der Waals surface area contributed by atoms with Crippen LogP contribution >= 0.6 is 11.3 Å². The first kappa shape index (κ1) is 26.3. The molecule has 0 bridgehead atoms. The summed E-state index contributed by atoms with van der Waals surface area (Å²) in [5, 5.41) is 10.7. The molecule has 2 aliphatic heterocycles. The molecule has 0 spiro atoms. The number of rotatable bonds is 8. The van der Waals surface area contributed by atoms with E-state index in [0.717, 1.165) is 11.3 Å². The van der Waals surface area contributed by atoms with Crippen molar-refractivity contribution in [2.45, 2.75) is 49.2 Å². The average molecular weight is 558 g/mol. The van der Waals surface area contributed by atoms with Crippen LogP contribution in [0.1, 0.15) is 32.2 Å². The fourth-order valence-electron chi connectivity index (χ4n) is 4.81. The molecule has 3 aromatic heterocycles. The second kappa shape index (κ2) is 9.47. The molecule has 15 heteroatoms. The molecule has 2 N–H and O–H groups in total. The Labute approximate surface area is 217 Å². The highest BCUT2D eigenvalue weighted by Crippen LogP contribution is 2.34. The lowest BCUT2D eigenvalue weighted by molar-refractivity contribution is -0.0523. The molecule has 2 aliphatic rings. The van der Waals surface area contributed by atoms with Crippen molar-refractivity contribution < 1.29 is 26.7 Å². The number of ether oxygens (including phenoxy) is 2. The molecule has 5 heterocycles. The third-order valence-corrected chi connectivity index (χ3v) is 8.81. The van der Waals surface area contributed by atoms with Crippen LogP contribution in [0.5, 0.6) is 0 Å². The zero-order valence-electron chi connectivity index (χ0n) is 20.9. The maximum atomic E-state index is 13.5. The van der Waals surface area contributed by atoms with Crippen LogP contribution in [-0.2, 0) is 19.5 Å². The first-order chi connectivity index (χ1) is 17.4. The molecule has 2 fully saturated rings. The maximum absolute atomic E-state index is 13.5. The van der Waals surface area contributed by atoms with Gasteiger partial charge in [-0.05, 0) is 26.8 Å². The van der Waals surface area contributed by atoms with Gasteiger partial charge in [0.15, 0.2) is 15.8 Å². The molecule has 37 heavy (non-hydrogen) atoms. The molecule has 0 aromatic carbocycles. The molecule has 2 saturated heterocycles. The number of anilines is 1. The summed E-state index contributed by atoms with van der Waals surface area (Å²) in [5.74, 6) is 0.235. The number of methoxy groups -OCH3 is 1. The normalized spacial score (nSPS) is 21.5. The SMILES string of the molecule is COC[C@H]1CN(c2cc(S(=O)(=O)NC3(C)COC3)cn3c(-c4nnc(C(F)F)s4)ncc23)CC(C)(C)N1. The minimum Gasteiger partial charge on any atom is -0.383 e. The Hall–Kier alpha value is -2.30. The molecule has 202 valence electrons. The third kappa shape index (κ3) is 5.20. The Morgan fingerprint density at radius 1 is 1.32 bits per heavy atom. The fraction of sp³-hybridized carbons (Fsp3) is 0.591. The number of nitrogens with zero attached hydrogens (tertiary/aromatic N) is 5. The zero-order chi connectivity index (χ0) is 26.6. The molecule has 0 unspecified atom stereocenters. The molecule has 5 rings (SSSR count). The number of hydrogen-bond donors (Lipinski definition) is 2. The van der Waals surface area contributed by atoms with E-state index >= 15 is 0 Å². The second-order valence-electron chi connectivity index (χ2n) is 10.4. The van der Waals surface area contributed by atoms with Gasteiger partial charge in [0.2, 0.25) is 10.0 Å².